The lowest BCUT2D eigenvalue weighted by atomic mass is 9.96. The van der Waals surface area contributed by atoms with Gasteiger partial charge in [-0.2, -0.15) is 0 Å². The van der Waals surface area contributed by atoms with Crippen molar-refractivity contribution in [1.29, 1.82) is 0 Å². The zero-order chi connectivity index (χ0) is 17.6. The van der Waals surface area contributed by atoms with Crippen LogP contribution < -0.4 is 10.6 Å². The molecule has 1 atom stereocenters. The zero-order valence-electron chi connectivity index (χ0n) is 14.3. The number of nitrogens with zero attached hydrogens (tertiary/aromatic N) is 2. The molecule has 1 aromatic rings. The summed E-state index contributed by atoms with van der Waals surface area (Å²) in [5, 5.41) is 15.3. The Morgan fingerprint density at radius 2 is 1.96 bits per heavy atom. The molecule has 0 bridgehead atoms. The molecule has 2 saturated carbocycles. The molecule has 0 radical (unpaired) electrons. The first-order chi connectivity index (χ1) is 12.1. The molecule has 3 rings (SSSR count). The third-order valence-corrected chi connectivity index (χ3v) is 6.22. The van der Waals surface area contributed by atoms with Crippen LogP contribution in [-0.4, -0.2) is 46.0 Å². The van der Waals surface area contributed by atoms with E-state index in [9.17, 15) is 9.59 Å². The van der Waals surface area contributed by atoms with Gasteiger partial charge in [0.1, 0.15) is 0 Å². The number of anilines is 1. The Hall–Kier alpha value is -1.35. The number of esters is 1. The standard InChI is InChI=1S/C16H24N4O3S2/c1-10(14(22)17-12-7-8-12)23-13(21)9-24-16-20-19-15(25-16)18-11-5-3-2-4-6-11/h10-12H,2-9H2,1H3,(H,17,22)(H,18,19)/t10-/m1/s1. The molecule has 0 unspecified atom stereocenters. The molecule has 0 spiro atoms. The highest BCUT2D eigenvalue weighted by Crippen LogP contribution is 2.28. The number of carbonyl (C=O) groups excluding carboxylic acids is 2. The molecule has 2 aliphatic rings. The van der Waals surface area contributed by atoms with Crippen molar-refractivity contribution < 1.29 is 14.3 Å². The molecule has 1 amide bonds. The van der Waals surface area contributed by atoms with E-state index in [2.05, 4.69) is 20.8 Å². The van der Waals surface area contributed by atoms with E-state index in [-0.39, 0.29) is 17.7 Å². The fraction of sp³-hybridized carbons (Fsp3) is 0.750. The summed E-state index contributed by atoms with van der Waals surface area (Å²) in [6, 6.07) is 0.745. The van der Waals surface area contributed by atoms with E-state index < -0.39 is 12.1 Å². The van der Waals surface area contributed by atoms with Gasteiger partial charge < -0.3 is 15.4 Å². The van der Waals surface area contributed by atoms with Crippen molar-refractivity contribution in [3.8, 4) is 0 Å². The second-order valence-corrected chi connectivity index (χ2v) is 8.76. The molecule has 1 aromatic heterocycles. The van der Waals surface area contributed by atoms with E-state index in [0.717, 1.165) is 22.3 Å². The van der Waals surface area contributed by atoms with Crippen molar-refractivity contribution in [2.45, 2.75) is 74.4 Å². The predicted octanol–water partition coefficient (Wildman–Crippen LogP) is 2.59. The van der Waals surface area contributed by atoms with Gasteiger partial charge in [-0.3, -0.25) is 9.59 Å². The fourth-order valence-electron chi connectivity index (χ4n) is 2.70. The van der Waals surface area contributed by atoms with Crippen LogP contribution in [0.4, 0.5) is 5.13 Å². The first-order valence-corrected chi connectivity index (χ1v) is 10.6. The molecule has 0 aliphatic heterocycles. The predicted molar refractivity (Wildman–Crippen MR) is 97.8 cm³/mol. The number of hydrogen-bond donors (Lipinski definition) is 2. The summed E-state index contributed by atoms with van der Waals surface area (Å²) in [5.74, 6) is -0.518. The third-order valence-electron chi connectivity index (χ3n) is 4.25. The van der Waals surface area contributed by atoms with Crippen LogP contribution in [0.15, 0.2) is 4.34 Å². The van der Waals surface area contributed by atoms with E-state index in [1.165, 1.54) is 55.2 Å². The van der Waals surface area contributed by atoms with Gasteiger partial charge in [0.15, 0.2) is 10.4 Å². The number of amides is 1. The molecule has 9 heteroatoms. The average Bonchev–Trinajstić information content (AvgIpc) is 3.31. The number of carbonyl (C=O) groups is 2. The molecular formula is C16H24N4O3S2. The number of ether oxygens (including phenoxy) is 1. The minimum atomic E-state index is -0.758. The van der Waals surface area contributed by atoms with Crippen molar-refractivity contribution >= 4 is 40.1 Å². The molecule has 0 saturated heterocycles. The largest absolute Gasteiger partial charge is 0.452 e. The van der Waals surface area contributed by atoms with Crippen LogP contribution in [-0.2, 0) is 14.3 Å². The Labute approximate surface area is 155 Å². The van der Waals surface area contributed by atoms with Crippen molar-refractivity contribution in [3.05, 3.63) is 0 Å². The summed E-state index contributed by atoms with van der Waals surface area (Å²) in [7, 11) is 0. The van der Waals surface area contributed by atoms with Crippen LogP contribution in [0.5, 0.6) is 0 Å². The number of rotatable bonds is 8. The minimum absolute atomic E-state index is 0.124. The van der Waals surface area contributed by atoms with Gasteiger partial charge in [0.25, 0.3) is 5.91 Å². The van der Waals surface area contributed by atoms with Crippen LogP contribution in [0.1, 0.15) is 51.9 Å². The monoisotopic (exact) mass is 384 g/mol. The second-order valence-electron chi connectivity index (χ2n) is 6.56. The molecule has 1 heterocycles. The highest BCUT2D eigenvalue weighted by atomic mass is 32.2. The summed E-state index contributed by atoms with van der Waals surface area (Å²) < 4.78 is 5.89. The van der Waals surface area contributed by atoms with Crippen LogP contribution in [0.2, 0.25) is 0 Å². The lowest BCUT2D eigenvalue weighted by Crippen LogP contribution is -2.37. The fourth-order valence-corrected chi connectivity index (χ4v) is 4.31. The van der Waals surface area contributed by atoms with Gasteiger partial charge in [-0.15, -0.1) is 10.2 Å². The Balaban J connectivity index is 1.37. The molecule has 7 nitrogen and oxygen atoms in total. The Morgan fingerprint density at radius 1 is 1.20 bits per heavy atom. The van der Waals surface area contributed by atoms with Crippen molar-refractivity contribution in [1.82, 2.24) is 15.5 Å². The van der Waals surface area contributed by atoms with Crippen molar-refractivity contribution in [3.63, 3.8) is 0 Å². The van der Waals surface area contributed by atoms with Gasteiger partial charge in [-0.1, -0.05) is 42.4 Å². The second kappa shape index (κ2) is 8.84. The molecule has 25 heavy (non-hydrogen) atoms. The topological polar surface area (TPSA) is 93.2 Å². The quantitative estimate of drug-likeness (QED) is 0.525. The van der Waals surface area contributed by atoms with E-state index in [4.69, 9.17) is 4.74 Å². The first-order valence-electron chi connectivity index (χ1n) is 8.83. The van der Waals surface area contributed by atoms with Crippen LogP contribution in [0, 0.1) is 0 Å². The maximum absolute atomic E-state index is 11.9. The van der Waals surface area contributed by atoms with E-state index in [0.29, 0.717) is 6.04 Å². The van der Waals surface area contributed by atoms with Gasteiger partial charge in [0.05, 0.1) is 5.75 Å². The van der Waals surface area contributed by atoms with Gasteiger partial charge in [0, 0.05) is 12.1 Å². The number of nitrogens with one attached hydrogen (secondary N) is 2. The highest BCUT2D eigenvalue weighted by molar-refractivity contribution is 8.01. The lowest BCUT2D eigenvalue weighted by Gasteiger charge is -2.21. The molecule has 2 N–H and O–H groups in total. The van der Waals surface area contributed by atoms with Crippen molar-refractivity contribution in [2.75, 3.05) is 11.1 Å². The zero-order valence-corrected chi connectivity index (χ0v) is 16.0. The van der Waals surface area contributed by atoms with Gasteiger partial charge in [-0.25, -0.2) is 0 Å². The van der Waals surface area contributed by atoms with E-state index in [1.54, 1.807) is 6.92 Å². The van der Waals surface area contributed by atoms with Gasteiger partial charge in [0.2, 0.25) is 5.13 Å². The SMILES string of the molecule is C[C@@H](OC(=O)CSc1nnc(NC2CCCCC2)s1)C(=O)NC1CC1. The molecule has 138 valence electrons. The number of thioether (sulfide) groups is 1. The third kappa shape index (κ3) is 6.14. The molecule has 2 aliphatic carbocycles. The summed E-state index contributed by atoms with van der Waals surface area (Å²) in [6.45, 7) is 1.59. The minimum Gasteiger partial charge on any atom is -0.452 e. The summed E-state index contributed by atoms with van der Waals surface area (Å²) in [5.41, 5.74) is 0. The molecule has 2 fully saturated rings. The maximum atomic E-state index is 11.9. The number of aromatic nitrogens is 2. The van der Waals surface area contributed by atoms with Crippen LogP contribution in [0.3, 0.4) is 0 Å². The van der Waals surface area contributed by atoms with Crippen LogP contribution >= 0.6 is 23.1 Å². The van der Waals surface area contributed by atoms with E-state index in [1.807, 2.05) is 0 Å². The summed E-state index contributed by atoms with van der Waals surface area (Å²) in [6.07, 6.45) is 7.45. The normalized spacial score (nSPS) is 19.2. The van der Waals surface area contributed by atoms with E-state index >= 15 is 0 Å². The highest BCUT2D eigenvalue weighted by Gasteiger charge is 2.27. The number of hydrogen-bond acceptors (Lipinski definition) is 8. The lowest BCUT2D eigenvalue weighted by molar-refractivity contribution is -0.152. The van der Waals surface area contributed by atoms with Gasteiger partial charge >= 0.3 is 5.97 Å². The Bertz CT molecular complexity index is 600. The summed E-state index contributed by atoms with van der Waals surface area (Å²) in [4.78, 5) is 23.6. The first kappa shape index (κ1) is 18.4. The maximum Gasteiger partial charge on any atom is 0.317 e. The molecule has 0 aromatic carbocycles. The Kier molecular flexibility index (Phi) is 6.52. The van der Waals surface area contributed by atoms with Crippen LogP contribution in [0.25, 0.3) is 0 Å². The Morgan fingerprint density at radius 3 is 2.68 bits per heavy atom. The average molecular weight is 385 g/mol. The smallest absolute Gasteiger partial charge is 0.317 e. The molecular weight excluding hydrogens is 360 g/mol. The van der Waals surface area contributed by atoms with Crippen molar-refractivity contribution in [2.24, 2.45) is 0 Å². The summed E-state index contributed by atoms with van der Waals surface area (Å²) >= 11 is 2.74. The van der Waals surface area contributed by atoms with Gasteiger partial charge in [-0.05, 0) is 32.6 Å².